The van der Waals surface area contributed by atoms with E-state index in [1.54, 1.807) is 25.1 Å². The van der Waals surface area contributed by atoms with Crippen molar-refractivity contribution in [3.05, 3.63) is 28.2 Å². The highest BCUT2D eigenvalue weighted by atomic mass is 35.5. The molecule has 1 unspecified atom stereocenters. The summed E-state index contributed by atoms with van der Waals surface area (Å²) >= 11 is 11.9. The molecule has 1 N–H and O–H groups in total. The quantitative estimate of drug-likeness (QED) is 0.270. The van der Waals surface area contributed by atoms with Crippen molar-refractivity contribution in [2.24, 2.45) is 0 Å². The van der Waals surface area contributed by atoms with Gasteiger partial charge in [-0.25, -0.2) is 12.7 Å². The number of nitrogens with zero attached hydrogens (tertiary/aromatic N) is 1. The lowest BCUT2D eigenvalue weighted by Crippen LogP contribution is -2.32. The number of aliphatic hydroxyl groups is 1. The fourth-order valence-corrected chi connectivity index (χ4v) is 4.34. The molecule has 1 rings (SSSR count). The van der Waals surface area contributed by atoms with E-state index in [4.69, 9.17) is 32.7 Å². The smallest absolute Gasteiger partial charge is 0.305 e. The van der Waals surface area contributed by atoms with E-state index in [-0.39, 0.29) is 12.6 Å². The fraction of sp³-hybridized carbons (Fsp3) is 0.667. The van der Waals surface area contributed by atoms with Gasteiger partial charge >= 0.3 is 5.97 Å². The number of carbonyl (C=O) groups is 1. The summed E-state index contributed by atoms with van der Waals surface area (Å²) in [7, 11) is -3.32. The lowest BCUT2D eigenvalue weighted by Gasteiger charge is -2.21. The van der Waals surface area contributed by atoms with E-state index < -0.39 is 16.1 Å². The predicted molar refractivity (Wildman–Crippen MR) is 123 cm³/mol. The van der Waals surface area contributed by atoms with E-state index in [1.165, 1.54) is 10.6 Å². The number of unbranched alkanes of at least 4 members (excludes halogenated alkanes) is 3. The molecular formula is C21H33Cl2NO6S. The van der Waals surface area contributed by atoms with Gasteiger partial charge in [-0.2, -0.15) is 0 Å². The van der Waals surface area contributed by atoms with Gasteiger partial charge in [-0.15, -0.1) is 0 Å². The minimum Gasteiger partial charge on any atom is -0.489 e. The maximum absolute atomic E-state index is 12.0. The van der Waals surface area contributed by atoms with Crippen LogP contribution in [-0.4, -0.2) is 62.5 Å². The third-order valence-electron chi connectivity index (χ3n) is 4.58. The molecule has 0 spiro atoms. The SMILES string of the molecule is CCOC(=O)CCCCCCN(CCCC(O)COc1ccc(Cl)cc1Cl)S(C)(=O)=O. The van der Waals surface area contributed by atoms with Crippen LogP contribution in [0.25, 0.3) is 0 Å². The molecule has 1 aromatic carbocycles. The first-order valence-corrected chi connectivity index (χ1v) is 13.1. The summed E-state index contributed by atoms with van der Waals surface area (Å²) in [6.07, 6.45) is 4.89. The molecule has 0 fully saturated rings. The van der Waals surface area contributed by atoms with Crippen LogP contribution in [0.2, 0.25) is 10.0 Å². The molecule has 0 heterocycles. The van der Waals surface area contributed by atoms with Crippen molar-refractivity contribution in [1.29, 1.82) is 0 Å². The molecule has 10 heteroatoms. The first kappa shape index (κ1) is 28.0. The molecule has 0 saturated heterocycles. The first-order valence-electron chi connectivity index (χ1n) is 10.5. The molecule has 0 bridgehead atoms. The summed E-state index contributed by atoms with van der Waals surface area (Å²) in [6, 6.07) is 4.84. The zero-order valence-electron chi connectivity index (χ0n) is 18.2. The maximum atomic E-state index is 12.0. The summed E-state index contributed by atoms with van der Waals surface area (Å²) in [5, 5.41) is 11.0. The molecular weight excluding hydrogens is 465 g/mol. The van der Waals surface area contributed by atoms with Crippen LogP contribution >= 0.6 is 23.2 Å². The number of halogens is 2. The van der Waals surface area contributed by atoms with E-state index in [1.807, 2.05) is 0 Å². The molecule has 1 aromatic rings. The summed E-state index contributed by atoms with van der Waals surface area (Å²) in [5.74, 6) is 0.243. The van der Waals surface area contributed by atoms with Crippen LogP contribution in [0.1, 0.15) is 51.9 Å². The Morgan fingerprint density at radius 2 is 1.81 bits per heavy atom. The van der Waals surface area contributed by atoms with Crippen molar-refractivity contribution in [2.45, 2.75) is 58.0 Å². The van der Waals surface area contributed by atoms with Gasteiger partial charge in [0.2, 0.25) is 10.0 Å². The Labute approximate surface area is 195 Å². The van der Waals surface area contributed by atoms with E-state index in [0.717, 1.165) is 25.7 Å². The van der Waals surface area contributed by atoms with Gasteiger partial charge in [-0.05, 0) is 50.8 Å². The predicted octanol–water partition coefficient (Wildman–Crippen LogP) is 4.29. The van der Waals surface area contributed by atoms with Gasteiger partial charge in [0.15, 0.2) is 0 Å². The number of hydrogen-bond acceptors (Lipinski definition) is 6. The largest absolute Gasteiger partial charge is 0.489 e. The lowest BCUT2D eigenvalue weighted by atomic mass is 10.1. The van der Waals surface area contributed by atoms with E-state index in [0.29, 0.717) is 54.8 Å². The monoisotopic (exact) mass is 497 g/mol. The van der Waals surface area contributed by atoms with Crippen molar-refractivity contribution >= 4 is 39.2 Å². The Morgan fingerprint density at radius 1 is 1.13 bits per heavy atom. The number of rotatable bonds is 16. The van der Waals surface area contributed by atoms with Gasteiger partial charge in [0, 0.05) is 24.5 Å². The Morgan fingerprint density at radius 3 is 2.45 bits per heavy atom. The Balaban J connectivity index is 2.28. The van der Waals surface area contributed by atoms with Gasteiger partial charge in [0.25, 0.3) is 0 Å². The molecule has 0 amide bonds. The van der Waals surface area contributed by atoms with Crippen molar-refractivity contribution < 1.29 is 27.8 Å². The summed E-state index contributed by atoms with van der Waals surface area (Å²) in [6.45, 7) is 2.98. The first-order chi connectivity index (χ1) is 14.6. The zero-order chi connectivity index (χ0) is 23.3. The minimum atomic E-state index is -3.32. The van der Waals surface area contributed by atoms with Crippen LogP contribution < -0.4 is 4.74 Å². The number of ether oxygens (including phenoxy) is 2. The second-order valence-electron chi connectivity index (χ2n) is 7.31. The van der Waals surface area contributed by atoms with Gasteiger partial charge < -0.3 is 14.6 Å². The van der Waals surface area contributed by atoms with Gasteiger partial charge in [-0.1, -0.05) is 36.0 Å². The topological polar surface area (TPSA) is 93.1 Å². The molecule has 7 nitrogen and oxygen atoms in total. The third kappa shape index (κ3) is 12.5. The number of sulfonamides is 1. The second-order valence-corrected chi connectivity index (χ2v) is 10.1. The van der Waals surface area contributed by atoms with Gasteiger partial charge in [0.1, 0.15) is 12.4 Å². The average molecular weight is 498 g/mol. The molecule has 31 heavy (non-hydrogen) atoms. The molecule has 0 aromatic heterocycles. The molecule has 178 valence electrons. The van der Waals surface area contributed by atoms with Crippen LogP contribution in [0.3, 0.4) is 0 Å². The number of benzene rings is 1. The summed E-state index contributed by atoms with van der Waals surface area (Å²) in [4.78, 5) is 11.3. The highest BCUT2D eigenvalue weighted by molar-refractivity contribution is 7.88. The standard InChI is InChI=1S/C21H33Cl2NO6S/c1-3-29-21(26)10-6-4-5-7-13-24(31(2,27)28)14-8-9-18(25)16-30-20-12-11-17(22)15-19(20)23/h11-12,15,18,25H,3-10,13-14,16H2,1-2H3. The van der Waals surface area contributed by atoms with E-state index in [9.17, 15) is 18.3 Å². The molecule has 1 atom stereocenters. The van der Waals surface area contributed by atoms with Crippen LogP contribution in [-0.2, 0) is 19.6 Å². The normalized spacial score (nSPS) is 12.7. The Hall–Kier alpha value is -1.06. The van der Waals surface area contributed by atoms with Crippen LogP contribution in [0.15, 0.2) is 18.2 Å². The number of esters is 1. The fourth-order valence-electron chi connectivity index (χ4n) is 2.95. The summed E-state index contributed by atoms with van der Waals surface area (Å²) in [5.41, 5.74) is 0. The summed E-state index contributed by atoms with van der Waals surface area (Å²) < 4.78 is 35.9. The molecule has 0 aliphatic carbocycles. The third-order valence-corrected chi connectivity index (χ3v) is 6.42. The highest BCUT2D eigenvalue weighted by Gasteiger charge is 2.17. The van der Waals surface area contributed by atoms with E-state index in [2.05, 4.69) is 0 Å². The number of hydrogen-bond donors (Lipinski definition) is 1. The van der Waals surface area contributed by atoms with Crippen LogP contribution in [0.4, 0.5) is 0 Å². The van der Waals surface area contributed by atoms with Gasteiger partial charge in [-0.3, -0.25) is 4.79 Å². The van der Waals surface area contributed by atoms with Crippen molar-refractivity contribution in [2.75, 3.05) is 32.6 Å². The van der Waals surface area contributed by atoms with E-state index >= 15 is 0 Å². The van der Waals surface area contributed by atoms with Crippen LogP contribution in [0, 0.1) is 0 Å². The molecule has 0 saturated carbocycles. The van der Waals surface area contributed by atoms with Crippen molar-refractivity contribution in [3.8, 4) is 5.75 Å². The number of aliphatic hydroxyl groups excluding tert-OH is 1. The Kier molecular flexibility index (Phi) is 13.4. The van der Waals surface area contributed by atoms with Gasteiger partial charge in [0.05, 0.1) is 24.0 Å². The number of carbonyl (C=O) groups excluding carboxylic acids is 1. The second kappa shape index (κ2) is 14.9. The lowest BCUT2D eigenvalue weighted by molar-refractivity contribution is -0.143. The highest BCUT2D eigenvalue weighted by Crippen LogP contribution is 2.27. The maximum Gasteiger partial charge on any atom is 0.305 e. The average Bonchev–Trinajstić information content (AvgIpc) is 2.67. The van der Waals surface area contributed by atoms with Crippen LogP contribution in [0.5, 0.6) is 5.75 Å². The molecule has 0 aliphatic rings. The van der Waals surface area contributed by atoms with Crippen molar-refractivity contribution in [1.82, 2.24) is 4.31 Å². The Bertz CT molecular complexity index is 775. The zero-order valence-corrected chi connectivity index (χ0v) is 20.5. The molecule has 0 aliphatic heterocycles. The van der Waals surface area contributed by atoms with Crippen molar-refractivity contribution in [3.63, 3.8) is 0 Å². The molecule has 0 radical (unpaired) electrons. The minimum absolute atomic E-state index is 0.0562.